The number of nitrogens with zero attached hydrogens (tertiary/aromatic N) is 1. The quantitative estimate of drug-likeness (QED) is 0.317. The molecule has 0 aromatic heterocycles. The Morgan fingerprint density at radius 3 is 2.41 bits per heavy atom. The molecule has 32 heavy (non-hydrogen) atoms. The van der Waals surface area contributed by atoms with Gasteiger partial charge in [-0.2, -0.15) is 0 Å². The summed E-state index contributed by atoms with van der Waals surface area (Å²) in [5, 5.41) is 13.9. The lowest BCUT2D eigenvalue weighted by atomic mass is 10.1. The van der Waals surface area contributed by atoms with Crippen molar-refractivity contribution >= 4 is 23.3 Å². The molecule has 0 saturated carbocycles. The Bertz CT molecular complexity index is 1130. The van der Waals surface area contributed by atoms with Gasteiger partial charge in [-0.05, 0) is 37.1 Å². The van der Waals surface area contributed by atoms with Crippen molar-refractivity contribution in [1.29, 1.82) is 0 Å². The summed E-state index contributed by atoms with van der Waals surface area (Å²) in [6.07, 6.45) is -1.22. The number of nitro groups is 1. The van der Waals surface area contributed by atoms with Crippen molar-refractivity contribution in [2.75, 3.05) is 11.9 Å². The zero-order valence-electron chi connectivity index (χ0n) is 17.6. The number of nitro benzene ring substituents is 1. The molecule has 1 atom stereocenters. The van der Waals surface area contributed by atoms with Gasteiger partial charge in [-0.1, -0.05) is 54.6 Å². The van der Waals surface area contributed by atoms with Gasteiger partial charge < -0.3 is 14.8 Å². The highest BCUT2D eigenvalue weighted by Crippen LogP contribution is 2.26. The van der Waals surface area contributed by atoms with Crippen LogP contribution in [0.5, 0.6) is 5.75 Å². The first-order valence-electron chi connectivity index (χ1n) is 9.84. The normalized spacial score (nSPS) is 11.3. The summed E-state index contributed by atoms with van der Waals surface area (Å²) in [6, 6.07) is 19.9. The number of hydrogen-bond donors (Lipinski definition) is 1. The van der Waals surface area contributed by atoms with Crippen LogP contribution in [0.4, 0.5) is 11.4 Å². The fourth-order valence-corrected chi connectivity index (χ4v) is 3.00. The fourth-order valence-electron chi connectivity index (χ4n) is 3.00. The van der Waals surface area contributed by atoms with E-state index >= 15 is 0 Å². The van der Waals surface area contributed by atoms with Crippen LogP contribution in [0.25, 0.3) is 0 Å². The van der Waals surface area contributed by atoms with Gasteiger partial charge in [0.1, 0.15) is 0 Å². The molecule has 0 bridgehead atoms. The Labute approximate surface area is 184 Å². The summed E-state index contributed by atoms with van der Waals surface area (Å²) in [6.45, 7) is 3.17. The first-order chi connectivity index (χ1) is 15.3. The van der Waals surface area contributed by atoms with E-state index in [-0.39, 0.29) is 11.4 Å². The number of carbonyl (C=O) groups is 2. The van der Waals surface area contributed by atoms with Crippen molar-refractivity contribution in [3.8, 4) is 5.75 Å². The van der Waals surface area contributed by atoms with Gasteiger partial charge in [0.2, 0.25) is 6.10 Å². The number of carbonyl (C=O) groups excluding carboxylic acids is 2. The minimum atomic E-state index is -1.22. The third-order valence-electron chi connectivity index (χ3n) is 4.65. The standard InChI is InChI=1S/C24H22N2O6/c1-16-12-13-17(2)19(14-16)25-24(28)23(18-8-4-3-5-9-18)32-22(27)15-31-21-11-7-6-10-20(21)26(29)30/h3-14,23H,15H2,1-2H3,(H,25,28). The molecule has 0 spiro atoms. The van der Waals surface area contributed by atoms with Crippen LogP contribution >= 0.6 is 0 Å². The smallest absolute Gasteiger partial charge is 0.345 e. The molecule has 0 aliphatic heterocycles. The highest BCUT2D eigenvalue weighted by molar-refractivity contribution is 5.96. The van der Waals surface area contributed by atoms with E-state index in [9.17, 15) is 19.7 Å². The maximum atomic E-state index is 13.0. The number of rotatable bonds is 8. The molecule has 0 radical (unpaired) electrons. The Morgan fingerprint density at radius 2 is 1.69 bits per heavy atom. The molecule has 0 aliphatic rings. The maximum absolute atomic E-state index is 13.0. The number of esters is 1. The van der Waals surface area contributed by atoms with Crippen LogP contribution in [-0.2, 0) is 14.3 Å². The number of nitrogens with one attached hydrogen (secondary N) is 1. The van der Waals surface area contributed by atoms with Crippen molar-refractivity contribution in [3.05, 3.63) is 99.6 Å². The van der Waals surface area contributed by atoms with Gasteiger partial charge in [0, 0.05) is 17.3 Å². The molecule has 3 aromatic carbocycles. The summed E-state index contributed by atoms with van der Waals surface area (Å²) >= 11 is 0. The average molecular weight is 434 g/mol. The van der Waals surface area contributed by atoms with E-state index in [4.69, 9.17) is 9.47 Å². The summed E-state index contributed by atoms with van der Waals surface area (Å²) < 4.78 is 10.7. The van der Waals surface area contributed by atoms with Gasteiger partial charge in [-0.25, -0.2) is 4.79 Å². The number of para-hydroxylation sites is 2. The lowest BCUT2D eigenvalue weighted by molar-refractivity contribution is -0.385. The molecule has 3 rings (SSSR count). The maximum Gasteiger partial charge on any atom is 0.345 e. The summed E-state index contributed by atoms with van der Waals surface area (Å²) in [7, 11) is 0. The Balaban J connectivity index is 1.75. The molecule has 0 saturated heterocycles. The van der Waals surface area contributed by atoms with Gasteiger partial charge in [0.25, 0.3) is 5.91 Å². The zero-order valence-corrected chi connectivity index (χ0v) is 17.6. The van der Waals surface area contributed by atoms with Gasteiger partial charge in [-0.15, -0.1) is 0 Å². The van der Waals surface area contributed by atoms with Gasteiger partial charge in [-0.3, -0.25) is 14.9 Å². The molecular formula is C24H22N2O6. The van der Waals surface area contributed by atoms with E-state index in [1.165, 1.54) is 18.2 Å². The van der Waals surface area contributed by atoms with Gasteiger partial charge in [0.15, 0.2) is 12.4 Å². The van der Waals surface area contributed by atoms with Crippen LogP contribution in [0.1, 0.15) is 22.8 Å². The van der Waals surface area contributed by atoms with E-state index in [0.29, 0.717) is 11.3 Å². The fraction of sp³-hybridized carbons (Fsp3) is 0.167. The third kappa shape index (κ3) is 5.69. The predicted molar refractivity (Wildman–Crippen MR) is 118 cm³/mol. The molecule has 164 valence electrons. The van der Waals surface area contributed by atoms with Crippen molar-refractivity contribution in [2.45, 2.75) is 20.0 Å². The predicted octanol–water partition coefficient (Wildman–Crippen LogP) is 4.51. The highest BCUT2D eigenvalue weighted by atomic mass is 16.6. The number of aryl methyl sites for hydroxylation is 2. The first-order valence-corrected chi connectivity index (χ1v) is 9.84. The highest BCUT2D eigenvalue weighted by Gasteiger charge is 2.26. The van der Waals surface area contributed by atoms with Crippen LogP contribution < -0.4 is 10.1 Å². The Kier molecular flexibility index (Phi) is 7.17. The van der Waals surface area contributed by atoms with Gasteiger partial charge >= 0.3 is 11.7 Å². The number of benzene rings is 3. The minimum Gasteiger partial charge on any atom is -0.475 e. The molecule has 0 aliphatic carbocycles. The number of hydrogen-bond acceptors (Lipinski definition) is 6. The molecule has 3 aromatic rings. The van der Waals surface area contributed by atoms with Crippen LogP contribution in [0, 0.1) is 24.0 Å². The second-order valence-corrected chi connectivity index (χ2v) is 7.10. The summed E-state index contributed by atoms with van der Waals surface area (Å²) in [5.41, 5.74) is 2.66. The van der Waals surface area contributed by atoms with Crippen molar-refractivity contribution in [1.82, 2.24) is 0 Å². The molecule has 1 amide bonds. The van der Waals surface area contributed by atoms with Crippen molar-refractivity contribution in [3.63, 3.8) is 0 Å². The molecular weight excluding hydrogens is 412 g/mol. The Morgan fingerprint density at radius 1 is 1.00 bits per heavy atom. The van der Waals surface area contributed by atoms with Gasteiger partial charge in [0.05, 0.1) is 4.92 Å². The summed E-state index contributed by atoms with van der Waals surface area (Å²) in [4.78, 5) is 36.0. The number of amides is 1. The molecule has 1 unspecified atom stereocenters. The second-order valence-electron chi connectivity index (χ2n) is 7.10. The second kappa shape index (κ2) is 10.2. The third-order valence-corrected chi connectivity index (χ3v) is 4.65. The summed E-state index contributed by atoms with van der Waals surface area (Å²) in [5.74, 6) is -1.43. The first kappa shape index (κ1) is 22.5. The van der Waals surface area contributed by atoms with E-state index < -0.39 is 29.5 Å². The SMILES string of the molecule is Cc1ccc(C)c(NC(=O)C(OC(=O)COc2ccccc2[N+](=O)[O-])c2ccccc2)c1. The monoisotopic (exact) mass is 434 g/mol. The molecule has 0 fully saturated rings. The van der Waals surface area contributed by atoms with Crippen molar-refractivity contribution in [2.24, 2.45) is 0 Å². The number of anilines is 1. The zero-order chi connectivity index (χ0) is 23.1. The molecule has 0 heterocycles. The van der Waals surface area contributed by atoms with Crippen LogP contribution in [0.3, 0.4) is 0 Å². The number of ether oxygens (including phenoxy) is 2. The van der Waals surface area contributed by atoms with Crippen LogP contribution in [-0.4, -0.2) is 23.4 Å². The Hall–Kier alpha value is -4.20. The van der Waals surface area contributed by atoms with E-state index in [0.717, 1.165) is 11.1 Å². The lowest BCUT2D eigenvalue weighted by Gasteiger charge is -2.19. The topological polar surface area (TPSA) is 108 Å². The molecule has 1 N–H and O–H groups in total. The minimum absolute atomic E-state index is 0.0643. The van der Waals surface area contributed by atoms with E-state index in [1.807, 2.05) is 32.0 Å². The van der Waals surface area contributed by atoms with E-state index in [2.05, 4.69) is 5.32 Å². The van der Waals surface area contributed by atoms with Crippen LogP contribution in [0.2, 0.25) is 0 Å². The van der Waals surface area contributed by atoms with Crippen LogP contribution in [0.15, 0.2) is 72.8 Å². The van der Waals surface area contributed by atoms with Crippen molar-refractivity contribution < 1.29 is 24.0 Å². The lowest BCUT2D eigenvalue weighted by Crippen LogP contribution is -2.28. The van der Waals surface area contributed by atoms with E-state index in [1.54, 1.807) is 36.4 Å². The average Bonchev–Trinajstić information content (AvgIpc) is 2.79. The largest absolute Gasteiger partial charge is 0.475 e. The molecule has 8 heteroatoms. The molecule has 8 nitrogen and oxygen atoms in total.